The maximum atomic E-state index is 12.7. The van der Waals surface area contributed by atoms with Crippen molar-refractivity contribution in [3.63, 3.8) is 0 Å². The van der Waals surface area contributed by atoms with Crippen LogP contribution >= 0.6 is 0 Å². The standard InChI is InChI=1S/C20H25N3O2/c1-22(20(24)14-16-7-5-9-18(13-16)25-2)17-8-6-12-23(15-17)19-10-3-4-11-21-19/h3-5,7,9-11,13,17H,6,8,12,14-15H2,1-2H3. The van der Waals surface area contributed by atoms with E-state index in [1.807, 2.05) is 60.6 Å². The molecule has 1 aromatic heterocycles. The molecule has 1 aliphatic rings. The van der Waals surface area contributed by atoms with Gasteiger partial charge in [-0.1, -0.05) is 18.2 Å². The van der Waals surface area contributed by atoms with Gasteiger partial charge in [0, 0.05) is 32.4 Å². The highest BCUT2D eigenvalue weighted by atomic mass is 16.5. The fraction of sp³-hybridized carbons (Fsp3) is 0.400. The molecule has 1 aliphatic heterocycles. The maximum Gasteiger partial charge on any atom is 0.227 e. The molecular formula is C20H25N3O2. The molecule has 2 heterocycles. The molecule has 1 fully saturated rings. The van der Waals surface area contributed by atoms with Gasteiger partial charge in [0.1, 0.15) is 11.6 Å². The van der Waals surface area contributed by atoms with E-state index in [0.717, 1.165) is 43.1 Å². The van der Waals surface area contributed by atoms with Gasteiger partial charge in [-0.25, -0.2) is 4.98 Å². The highest BCUT2D eigenvalue weighted by molar-refractivity contribution is 5.79. The number of rotatable bonds is 5. The molecule has 132 valence electrons. The molecule has 0 aliphatic carbocycles. The van der Waals surface area contributed by atoms with E-state index in [4.69, 9.17) is 4.74 Å². The number of methoxy groups -OCH3 is 1. The summed E-state index contributed by atoms with van der Waals surface area (Å²) in [5.41, 5.74) is 0.980. The van der Waals surface area contributed by atoms with Gasteiger partial charge in [-0.15, -0.1) is 0 Å². The van der Waals surface area contributed by atoms with E-state index in [0.29, 0.717) is 6.42 Å². The summed E-state index contributed by atoms with van der Waals surface area (Å²) >= 11 is 0. The highest BCUT2D eigenvalue weighted by Gasteiger charge is 2.26. The molecule has 5 nitrogen and oxygen atoms in total. The minimum atomic E-state index is 0.140. The zero-order valence-electron chi connectivity index (χ0n) is 14.9. The van der Waals surface area contributed by atoms with Crippen LogP contribution in [0.15, 0.2) is 48.7 Å². The molecule has 2 aromatic rings. The minimum Gasteiger partial charge on any atom is -0.497 e. The van der Waals surface area contributed by atoms with Crippen LogP contribution in [0.1, 0.15) is 18.4 Å². The molecule has 0 saturated carbocycles. The summed E-state index contributed by atoms with van der Waals surface area (Å²) in [7, 11) is 3.55. The first-order chi connectivity index (χ1) is 12.2. The molecule has 0 bridgehead atoms. The average molecular weight is 339 g/mol. The molecule has 1 atom stereocenters. The van der Waals surface area contributed by atoms with Gasteiger partial charge in [0.25, 0.3) is 0 Å². The third kappa shape index (κ3) is 4.29. The predicted molar refractivity (Wildman–Crippen MR) is 98.9 cm³/mol. The Morgan fingerprint density at radius 2 is 2.20 bits per heavy atom. The molecule has 1 unspecified atom stereocenters. The van der Waals surface area contributed by atoms with Gasteiger partial charge in [0.05, 0.1) is 13.5 Å². The molecule has 1 aromatic carbocycles. The molecule has 5 heteroatoms. The SMILES string of the molecule is COc1cccc(CC(=O)N(C)C2CCCN(c3ccccn3)C2)c1. The first kappa shape index (κ1) is 17.3. The van der Waals surface area contributed by atoms with Crippen LogP contribution in [0.25, 0.3) is 0 Å². The third-order valence-electron chi connectivity index (χ3n) is 4.80. The van der Waals surface area contributed by atoms with Crippen LogP contribution in [0.3, 0.4) is 0 Å². The van der Waals surface area contributed by atoms with E-state index in [9.17, 15) is 4.79 Å². The second kappa shape index (κ2) is 8.01. The van der Waals surface area contributed by atoms with E-state index in [1.165, 1.54) is 0 Å². The average Bonchev–Trinajstić information content (AvgIpc) is 2.68. The number of carbonyl (C=O) groups is 1. The van der Waals surface area contributed by atoms with Crippen molar-refractivity contribution in [2.75, 3.05) is 32.1 Å². The number of piperidine rings is 1. The molecule has 0 N–H and O–H groups in total. The van der Waals surface area contributed by atoms with Gasteiger partial charge in [-0.3, -0.25) is 4.79 Å². The van der Waals surface area contributed by atoms with Crippen molar-refractivity contribution in [3.8, 4) is 5.75 Å². The van der Waals surface area contributed by atoms with Gasteiger partial charge in [0.2, 0.25) is 5.91 Å². The lowest BCUT2D eigenvalue weighted by molar-refractivity contribution is -0.131. The smallest absolute Gasteiger partial charge is 0.227 e. The van der Waals surface area contributed by atoms with Gasteiger partial charge in [0.15, 0.2) is 0 Å². The minimum absolute atomic E-state index is 0.140. The van der Waals surface area contributed by atoms with E-state index in [-0.39, 0.29) is 11.9 Å². The Balaban J connectivity index is 1.63. The van der Waals surface area contributed by atoms with Crippen LogP contribution < -0.4 is 9.64 Å². The Bertz CT molecular complexity index is 705. The van der Waals surface area contributed by atoms with Gasteiger partial charge in [-0.05, 0) is 42.7 Å². The number of anilines is 1. The van der Waals surface area contributed by atoms with Crippen LogP contribution in [0, 0.1) is 0 Å². The molecule has 1 saturated heterocycles. The topological polar surface area (TPSA) is 45.7 Å². The van der Waals surface area contributed by atoms with Gasteiger partial charge in [-0.2, -0.15) is 0 Å². The lowest BCUT2D eigenvalue weighted by Crippen LogP contribution is -2.49. The molecule has 3 rings (SSSR count). The fourth-order valence-electron chi connectivity index (χ4n) is 3.31. The molecule has 0 radical (unpaired) electrons. The van der Waals surface area contributed by atoms with E-state index < -0.39 is 0 Å². The quantitative estimate of drug-likeness (QED) is 0.840. The zero-order chi connectivity index (χ0) is 17.6. The number of hydrogen-bond acceptors (Lipinski definition) is 4. The van der Waals surface area contributed by atoms with Crippen molar-refractivity contribution in [1.29, 1.82) is 0 Å². The first-order valence-electron chi connectivity index (χ1n) is 8.72. The first-order valence-corrected chi connectivity index (χ1v) is 8.72. The Kier molecular flexibility index (Phi) is 5.53. The van der Waals surface area contributed by atoms with Crippen LogP contribution in [0.4, 0.5) is 5.82 Å². The van der Waals surface area contributed by atoms with Crippen LogP contribution in [-0.4, -0.2) is 49.1 Å². The number of hydrogen-bond donors (Lipinski definition) is 0. The molecule has 1 amide bonds. The second-order valence-corrected chi connectivity index (χ2v) is 6.46. The summed E-state index contributed by atoms with van der Waals surface area (Å²) in [5, 5.41) is 0. The Labute approximate surface area is 149 Å². The molecular weight excluding hydrogens is 314 g/mol. The van der Waals surface area contributed by atoms with E-state index >= 15 is 0 Å². The number of aromatic nitrogens is 1. The highest BCUT2D eigenvalue weighted by Crippen LogP contribution is 2.21. The normalized spacial score (nSPS) is 17.2. The fourth-order valence-corrected chi connectivity index (χ4v) is 3.31. The monoisotopic (exact) mass is 339 g/mol. The summed E-state index contributed by atoms with van der Waals surface area (Å²) in [4.78, 5) is 21.3. The second-order valence-electron chi connectivity index (χ2n) is 6.46. The van der Waals surface area contributed by atoms with Crippen molar-refractivity contribution >= 4 is 11.7 Å². The van der Waals surface area contributed by atoms with Crippen molar-refractivity contribution < 1.29 is 9.53 Å². The summed E-state index contributed by atoms with van der Waals surface area (Å²) in [6.07, 6.45) is 4.31. The van der Waals surface area contributed by atoms with Crippen molar-refractivity contribution in [2.45, 2.75) is 25.3 Å². The van der Waals surface area contributed by atoms with Crippen molar-refractivity contribution in [1.82, 2.24) is 9.88 Å². The van der Waals surface area contributed by atoms with E-state index in [2.05, 4.69) is 9.88 Å². The van der Waals surface area contributed by atoms with Gasteiger partial charge < -0.3 is 14.5 Å². The summed E-state index contributed by atoms with van der Waals surface area (Å²) in [6, 6.07) is 13.9. The van der Waals surface area contributed by atoms with Crippen LogP contribution in [0.5, 0.6) is 5.75 Å². The van der Waals surface area contributed by atoms with Gasteiger partial charge >= 0.3 is 0 Å². The number of benzene rings is 1. The lowest BCUT2D eigenvalue weighted by Gasteiger charge is -2.38. The van der Waals surface area contributed by atoms with Crippen molar-refractivity contribution in [3.05, 3.63) is 54.2 Å². The Morgan fingerprint density at radius 3 is 2.96 bits per heavy atom. The number of carbonyl (C=O) groups excluding carboxylic acids is 1. The molecule has 25 heavy (non-hydrogen) atoms. The number of amides is 1. The predicted octanol–water partition coefficient (Wildman–Crippen LogP) is 2.76. The number of ether oxygens (including phenoxy) is 1. The summed E-state index contributed by atoms with van der Waals surface area (Å²) in [6.45, 7) is 1.82. The van der Waals surface area contributed by atoms with Crippen molar-refractivity contribution in [2.24, 2.45) is 0 Å². The Morgan fingerprint density at radius 1 is 1.32 bits per heavy atom. The summed E-state index contributed by atoms with van der Waals surface area (Å²) in [5.74, 6) is 1.91. The number of pyridine rings is 1. The lowest BCUT2D eigenvalue weighted by atomic mass is 10.0. The van der Waals surface area contributed by atoms with E-state index in [1.54, 1.807) is 7.11 Å². The summed E-state index contributed by atoms with van der Waals surface area (Å²) < 4.78 is 5.24. The zero-order valence-corrected chi connectivity index (χ0v) is 14.9. The molecule has 0 spiro atoms. The largest absolute Gasteiger partial charge is 0.497 e. The number of nitrogens with zero attached hydrogens (tertiary/aromatic N) is 3. The van der Waals surface area contributed by atoms with Crippen LogP contribution in [0.2, 0.25) is 0 Å². The maximum absolute atomic E-state index is 12.7. The third-order valence-corrected chi connectivity index (χ3v) is 4.80. The number of likely N-dealkylation sites (N-methyl/N-ethyl adjacent to an activating group) is 1. The van der Waals surface area contributed by atoms with Crippen LogP contribution in [-0.2, 0) is 11.2 Å². The Hall–Kier alpha value is -2.56.